The Morgan fingerprint density at radius 3 is 3.06 bits per heavy atom. The lowest BCUT2D eigenvalue weighted by atomic mass is 10.3. The smallest absolute Gasteiger partial charge is 0.267 e. The van der Waals surface area contributed by atoms with Gasteiger partial charge in [-0.3, -0.25) is 4.79 Å². The van der Waals surface area contributed by atoms with Crippen molar-refractivity contribution in [2.24, 2.45) is 0 Å². The molecule has 0 atom stereocenters. The van der Waals surface area contributed by atoms with Crippen molar-refractivity contribution in [1.82, 2.24) is 9.88 Å². The molecule has 0 fully saturated rings. The van der Waals surface area contributed by atoms with Crippen LogP contribution < -0.4 is 5.32 Å². The number of thiophene rings is 1. The molecule has 0 saturated carbocycles. The number of carbonyl (C=O) groups excluding carboxylic acids is 1. The fraction of sp³-hybridized carbons (Fsp3) is 0.308. The second-order valence-corrected chi connectivity index (χ2v) is 5.86. The lowest BCUT2D eigenvalue weighted by Gasteiger charge is -2.07. The molecule has 0 bridgehead atoms. The first-order valence-corrected chi connectivity index (χ1v) is 7.54. The number of hydrogen-bond donors (Lipinski definition) is 1. The lowest BCUT2D eigenvalue weighted by molar-refractivity contribution is 0.0945. The number of nitrogens with one attached hydrogen (secondary N) is 1. The zero-order valence-electron chi connectivity index (χ0n) is 10.1. The first-order chi connectivity index (χ1) is 8.70. The van der Waals surface area contributed by atoms with E-state index in [0.29, 0.717) is 12.2 Å². The summed E-state index contributed by atoms with van der Waals surface area (Å²) < 4.78 is 2.87. The van der Waals surface area contributed by atoms with Crippen molar-refractivity contribution < 1.29 is 4.79 Å². The summed E-state index contributed by atoms with van der Waals surface area (Å²) in [4.78, 5) is 13.3. The summed E-state index contributed by atoms with van der Waals surface area (Å²) in [5.41, 5.74) is 0.704. The molecule has 0 aliphatic carbocycles. The molecule has 3 nitrogen and oxygen atoms in total. The normalized spacial score (nSPS) is 10.6. The van der Waals surface area contributed by atoms with Crippen molar-refractivity contribution in [2.75, 3.05) is 6.54 Å². The molecule has 1 N–H and O–H groups in total. The van der Waals surface area contributed by atoms with E-state index in [2.05, 4.69) is 32.7 Å². The summed E-state index contributed by atoms with van der Waals surface area (Å²) in [7, 11) is 0. The average molecular weight is 327 g/mol. The average Bonchev–Trinajstić information content (AvgIpc) is 2.98. The highest BCUT2D eigenvalue weighted by Gasteiger charge is 2.11. The Bertz CT molecular complexity index is 519. The van der Waals surface area contributed by atoms with Crippen LogP contribution in [0.5, 0.6) is 0 Å². The molecule has 0 aliphatic heterocycles. The maximum absolute atomic E-state index is 12.0. The quantitative estimate of drug-likeness (QED) is 0.898. The van der Waals surface area contributed by atoms with E-state index < -0.39 is 0 Å². The lowest BCUT2D eigenvalue weighted by Crippen LogP contribution is -2.27. The molecule has 0 spiro atoms. The molecule has 2 aromatic heterocycles. The summed E-state index contributed by atoms with van der Waals surface area (Å²) in [6.45, 7) is 3.49. The van der Waals surface area contributed by atoms with Crippen LogP contribution >= 0.6 is 27.3 Å². The Labute approximate surface area is 119 Å². The number of hydrogen-bond acceptors (Lipinski definition) is 2. The Morgan fingerprint density at radius 1 is 1.56 bits per heavy atom. The number of aromatic nitrogens is 1. The van der Waals surface area contributed by atoms with Gasteiger partial charge in [-0.05, 0) is 46.8 Å². The Balaban J connectivity index is 1.91. The van der Waals surface area contributed by atoms with Crippen LogP contribution in [0.4, 0.5) is 0 Å². The van der Waals surface area contributed by atoms with E-state index in [4.69, 9.17) is 0 Å². The molecule has 0 aliphatic rings. The highest BCUT2D eigenvalue weighted by atomic mass is 79.9. The van der Waals surface area contributed by atoms with Gasteiger partial charge in [0, 0.05) is 28.6 Å². The highest BCUT2D eigenvalue weighted by Crippen LogP contribution is 2.15. The number of amides is 1. The van der Waals surface area contributed by atoms with E-state index in [1.807, 2.05) is 29.8 Å². The van der Waals surface area contributed by atoms with Crippen molar-refractivity contribution in [3.05, 3.63) is 44.8 Å². The highest BCUT2D eigenvalue weighted by molar-refractivity contribution is 9.10. The molecule has 1 amide bonds. The Hall–Kier alpha value is -1.07. The van der Waals surface area contributed by atoms with E-state index in [9.17, 15) is 4.79 Å². The summed E-state index contributed by atoms with van der Waals surface area (Å²) in [5.74, 6) is -0.0147. The summed E-state index contributed by atoms with van der Waals surface area (Å²) in [6, 6.07) is 5.97. The zero-order chi connectivity index (χ0) is 13.0. The van der Waals surface area contributed by atoms with Crippen LogP contribution in [0.1, 0.15) is 22.3 Å². The third kappa shape index (κ3) is 3.23. The van der Waals surface area contributed by atoms with Crippen molar-refractivity contribution in [3.8, 4) is 0 Å². The maximum Gasteiger partial charge on any atom is 0.267 e. The van der Waals surface area contributed by atoms with Gasteiger partial charge in [0.05, 0.1) is 0 Å². The number of rotatable bonds is 5. The third-order valence-corrected chi connectivity index (χ3v) is 4.04. The fourth-order valence-corrected chi connectivity index (χ4v) is 2.94. The maximum atomic E-state index is 12.0. The van der Waals surface area contributed by atoms with E-state index in [1.165, 1.54) is 4.88 Å². The standard InChI is InChI=1S/C13H15BrN2OS/c1-2-16-9-10(14)8-12(16)13(17)15-6-5-11-4-3-7-18-11/h3-4,7-9H,2,5-6H2,1H3,(H,15,17). The van der Waals surface area contributed by atoms with E-state index >= 15 is 0 Å². The largest absolute Gasteiger partial charge is 0.350 e. The monoisotopic (exact) mass is 326 g/mol. The van der Waals surface area contributed by atoms with Gasteiger partial charge in [-0.15, -0.1) is 11.3 Å². The van der Waals surface area contributed by atoms with E-state index in [0.717, 1.165) is 17.4 Å². The van der Waals surface area contributed by atoms with Gasteiger partial charge in [0.15, 0.2) is 0 Å². The molecule has 2 aromatic rings. The van der Waals surface area contributed by atoms with Gasteiger partial charge in [0.2, 0.25) is 0 Å². The minimum atomic E-state index is -0.0147. The minimum absolute atomic E-state index is 0.0147. The minimum Gasteiger partial charge on any atom is -0.350 e. The van der Waals surface area contributed by atoms with Crippen LogP contribution in [0.25, 0.3) is 0 Å². The molecule has 0 aromatic carbocycles. The van der Waals surface area contributed by atoms with Crippen LogP contribution in [0.2, 0.25) is 0 Å². The first-order valence-electron chi connectivity index (χ1n) is 5.87. The Kier molecular flexibility index (Phi) is 4.60. The van der Waals surface area contributed by atoms with Gasteiger partial charge < -0.3 is 9.88 Å². The van der Waals surface area contributed by atoms with E-state index in [-0.39, 0.29) is 5.91 Å². The SMILES string of the molecule is CCn1cc(Br)cc1C(=O)NCCc1cccs1. The Morgan fingerprint density at radius 2 is 2.39 bits per heavy atom. The number of aryl methyl sites for hydroxylation is 1. The second-order valence-electron chi connectivity index (χ2n) is 3.91. The summed E-state index contributed by atoms with van der Waals surface area (Å²) in [5, 5.41) is 5.00. The summed E-state index contributed by atoms with van der Waals surface area (Å²) in [6.07, 6.45) is 2.81. The zero-order valence-corrected chi connectivity index (χ0v) is 12.6. The van der Waals surface area contributed by atoms with Gasteiger partial charge in [-0.2, -0.15) is 0 Å². The van der Waals surface area contributed by atoms with Crippen molar-refractivity contribution in [3.63, 3.8) is 0 Å². The van der Waals surface area contributed by atoms with Crippen LogP contribution in [0.15, 0.2) is 34.2 Å². The first kappa shape index (κ1) is 13.4. The fourth-order valence-electron chi connectivity index (χ4n) is 1.77. The van der Waals surface area contributed by atoms with Crippen LogP contribution in [0, 0.1) is 0 Å². The predicted octanol–water partition coefficient (Wildman–Crippen LogP) is 3.30. The summed E-state index contributed by atoms with van der Waals surface area (Å²) >= 11 is 5.11. The molecule has 96 valence electrons. The van der Waals surface area contributed by atoms with Crippen LogP contribution in [-0.2, 0) is 13.0 Å². The molecule has 2 heterocycles. The second kappa shape index (κ2) is 6.20. The van der Waals surface area contributed by atoms with E-state index in [1.54, 1.807) is 11.3 Å². The van der Waals surface area contributed by atoms with Crippen molar-refractivity contribution in [2.45, 2.75) is 19.9 Å². The molecule has 2 rings (SSSR count). The van der Waals surface area contributed by atoms with Crippen molar-refractivity contribution in [1.29, 1.82) is 0 Å². The number of halogens is 1. The third-order valence-electron chi connectivity index (χ3n) is 2.67. The van der Waals surface area contributed by atoms with Gasteiger partial charge in [-0.1, -0.05) is 6.07 Å². The van der Waals surface area contributed by atoms with Gasteiger partial charge in [0.1, 0.15) is 5.69 Å². The number of nitrogens with zero attached hydrogens (tertiary/aromatic N) is 1. The van der Waals surface area contributed by atoms with Gasteiger partial charge in [-0.25, -0.2) is 0 Å². The molecule has 0 saturated heterocycles. The van der Waals surface area contributed by atoms with Gasteiger partial charge >= 0.3 is 0 Å². The van der Waals surface area contributed by atoms with Gasteiger partial charge in [0.25, 0.3) is 5.91 Å². The van der Waals surface area contributed by atoms with Crippen molar-refractivity contribution >= 4 is 33.2 Å². The molecule has 18 heavy (non-hydrogen) atoms. The molecular formula is C13H15BrN2OS. The van der Waals surface area contributed by atoms with Crippen LogP contribution in [0.3, 0.4) is 0 Å². The predicted molar refractivity (Wildman–Crippen MR) is 78.2 cm³/mol. The topological polar surface area (TPSA) is 34.0 Å². The number of carbonyl (C=O) groups is 1. The molecule has 0 radical (unpaired) electrons. The molecular weight excluding hydrogens is 312 g/mol. The molecule has 0 unspecified atom stereocenters. The van der Waals surface area contributed by atoms with Crippen LogP contribution in [-0.4, -0.2) is 17.0 Å². The molecule has 5 heteroatoms.